The van der Waals surface area contributed by atoms with E-state index in [4.69, 9.17) is 10.00 Å². The Labute approximate surface area is 114 Å². The van der Waals surface area contributed by atoms with Crippen molar-refractivity contribution in [3.63, 3.8) is 0 Å². The van der Waals surface area contributed by atoms with Gasteiger partial charge in [0.05, 0.1) is 18.8 Å². The van der Waals surface area contributed by atoms with Crippen molar-refractivity contribution in [2.24, 2.45) is 0 Å². The second-order valence-corrected chi connectivity index (χ2v) is 4.99. The maximum Gasteiger partial charge on any atom is 0.136 e. The van der Waals surface area contributed by atoms with Crippen LogP contribution >= 0.6 is 0 Å². The van der Waals surface area contributed by atoms with E-state index in [0.29, 0.717) is 17.9 Å². The molecule has 0 saturated heterocycles. The van der Waals surface area contributed by atoms with Gasteiger partial charge in [-0.2, -0.15) is 5.26 Å². The zero-order valence-corrected chi connectivity index (χ0v) is 11.2. The largest absolute Gasteiger partial charge is 0.495 e. The molecule has 0 aliphatic heterocycles. The lowest BCUT2D eigenvalue weighted by Crippen LogP contribution is -2.41. The minimum Gasteiger partial charge on any atom is -0.495 e. The molecule has 4 nitrogen and oxygen atoms in total. The summed E-state index contributed by atoms with van der Waals surface area (Å²) in [5, 5.41) is 22.2. The molecular formula is C15H20N2O2. The average molecular weight is 260 g/mol. The van der Waals surface area contributed by atoms with Crippen molar-refractivity contribution in [1.82, 2.24) is 5.32 Å². The quantitative estimate of drug-likeness (QED) is 0.868. The number of aliphatic hydroxyl groups is 1. The zero-order valence-electron chi connectivity index (χ0n) is 11.2. The van der Waals surface area contributed by atoms with Crippen molar-refractivity contribution in [2.75, 3.05) is 7.11 Å². The fourth-order valence-electron chi connectivity index (χ4n) is 2.54. The maximum absolute atomic E-state index is 9.90. The van der Waals surface area contributed by atoms with Gasteiger partial charge in [0.1, 0.15) is 11.8 Å². The molecule has 0 amide bonds. The van der Waals surface area contributed by atoms with E-state index in [1.54, 1.807) is 13.2 Å². The number of nitriles is 1. The predicted octanol–water partition coefficient (Wildman–Crippen LogP) is 1.96. The van der Waals surface area contributed by atoms with Crippen molar-refractivity contribution in [2.45, 2.75) is 44.4 Å². The lowest BCUT2D eigenvalue weighted by molar-refractivity contribution is 0.0902. The second-order valence-electron chi connectivity index (χ2n) is 4.99. The van der Waals surface area contributed by atoms with Crippen molar-refractivity contribution in [3.8, 4) is 11.8 Å². The van der Waals surface area contributed by atoms with Crippen LogP contribution in [-0.4, -0.2) is 24.4 Å². The Morgan fingerprint density at radius 3 is 2.89 bits per heavy atom. The molecule has 1 aliphatic carbocycles. The number of nitrogens with zero attached hydrogens (tertiary/aromatic N) is 1. The molecule has 102 valence electrons. The molecule has 4 heteroatoms. The summed E-state index contributed by atoms with van der Waals surface area (Å²) in [5.41, 5.74) is 1.61. The summed E-state index contributed by atoms with van der Waals surface area (Å²) >= 11 is 0. The molecule has 0 radical (unpaired) electrons. The summed E-state index contributed by atoms with van der Waals surface area (Å²) in [6.07, 6.45) is 3.95. The van der Waals surface area contributed by atoms with E-state index in [9.17, 15) is 5.11 Å². The van der Waals surface area contributed by atoms with Crippen LogP contribution < -0.4 is 10.1 Å². The number of nitrogens with one attached hydrogen (secondary N) is 1. The molecule has 2 rings (SSSR count). The van der Waals surface area contributed by atoms with Gasteiger partial charge in [-0.3, -0.25) is 0 Å². The highest BCUT2D eigenvalue weighted by atomic mass is 16.5. The topological polar surface area (TPSA) is 65.3 Å². The van der Waals surface area contributed by atoms with Crippen LogP contribution in [0.25, 0.3) is 0 Å². The number of benzene rings is 1. The Morgan fingerprint density at radius 2 is 2.21 bits per heavy atom. The molecule has 1 aliphatic rings. The van der Waals surface area contributed by atoms with Crippen molar-refractivity contribution < 1.29 is 9.84 Å². The Balaban J connectivity index is 1.97. The molecule has 1 fully saturated rings. The van der Waals surface area contributed by atoms with E-state index in [1.807, 2.05) is 12.1 Å². The van der Waals surface area contributed by atoms with E-state index in [0.717, 1.165) is 24.8 Å². The molecule has 0 bridgehead atoms. The number of hydrogen-bond donors (Lipinski definition) is 2. The van der Waals surface area contributed by atoms with Gasteiger partial charge in [0.15, 0.2) is 0 Å². The van der Waals surface area contributed by atoms with Crippen LogP contribution in [0.3, 0.4) is 0 Å². The Hall–Kier alpha value is -1.57. The van der Waals surface area contributed by atoms with Crippen molar-refractivity contribution >= 4 is 0 Å². The van der Waals surface area contributed by atoms with E-state index < -0.39 is 0 Å². The third-order valence-electron chi connectivity index (χ3n) is 3.68. The van der Waals surface area contributed by atoms with Gasteiger partial charge in [0.2, 0.25) is 0 Å². The molecule has 2 atom stereocenters. The molecular weight excluding hydrogens is 240 g/mol. The summed E-state index contributed by atoms with van der Waals surface area (Å²) in [5.74, 6) is 0.603. The summed E-state index contributed by atoms with van der Waals surface area (Å²) in [7, 11) is 1.57. The third kappa shape index (κ3) is 3.46. The standard InChI is InChI=1S/C15H20N2O2/c1-19-15-8-11(6-7-12(15)9-16)10-17-13-4-2-3-5-14(13)18/h6-8,13-14,17-18H,2-5,10H2,1H3. The molecule has 0 aromatic heterocycles. The summed E-state index contributed by atoms with van der Waals surface area (Å²) in [6.45, 7) is 0.684. The molecule has 1 saturated carbocycles. The van der Waals surface area contributed by atoms with Crippen LogP contribution in [0.1, 0.15) is 36.8 Å². The van der Waals surface area contributed by atoms with E-state index in [1.165, 1.54) is 6.42 Å². The first-order chi connectivity index (χ1) is 9.24. The van der Waals surface area contributed by atoms with Gasteiger partial charge >= 0.3 is 0 Å². The minimum absolute atomic E-state index is 0.176. The number of aliphatic hydroxyl groups excluding tert-OH is 1. The molecule has 19 heavy (non-hydrogen) atoms. The number of hydrogen-bond acceptors (Lipinski definition) is 4. The number of ether oxygens (including phenoxy) is 1. The SMILES string of the molecule is COc1cc(CNC2CCCCC2O)ccc1C#N. The molecule has 1 aromatic carbocycles. The van der Waals surface area contributed by atoms with Crippen LogP contribution in [0.5, 0.6) is 5.75 Å². The molecule has 2 unspecified atom stereocenters. The second kappa shape index (κ2) is 6.55. The van der Waals surface area contributed by atoms with Crippen LogP contribution in [0, 0.1) is 11.3 Å². The fraction of sp³-hybridized carbons (Fsp3) is 0.533. The van der Waals surface area contributed by atoms with Crippen LogP contribution in [0.4, 0.5) is 0 Å². The van der Waals surface area contributed by atoms with Gasteiger partial charge in [-0.15, -0.1) is 0 Å². The Morgan fingerprint density at radius 1 is 1.42 bits per heavy atom. The Bertz CT molecular complexity index is 468. The first kappa shape index (κ1) is 13.9. The van der Waals surface area contributed by atoms with Crippen LogP contribution in [0.15, 0.2) is 18.2 Å². The average Bonchev–Trinajstić information content (AvgIpc) is 2.46. The van der Waals surface area contributed by atoms with Gasteiger partial charge in [0, 0.05) is 12.6 Å². The van der Waals surface area contributed by atoms with Crippen molar-refractivity contribution in [3.05, 3.63) is 29.3 Å². The highest BCUT2D eigenvalue weighted by Crippen LogP contribution is 2.21. The van der Waals surface area contributed by atoms with Crippen LogP contribution in [0.2, 0.25) is 0 Å². The van der Waals surface area contributed by atoms with Crippen LogP contribution in [-0.2, 0) is 6.54 Å². The third-order valence-corrected chi connectivity index (χ3v) is 3.68. The lowest BCUT2D eigenvalue weighted by atomic mass is 9.92. The smallest absolute Gasteiger partial charge is 0.136 e. The lowest BCUT2D eigenvalue weighted by Gasteiger charge is -2.28. The first-order valence-electron chi connectivity index (χ1n) is 6.73. The normalized spacial score (nSPS) is 22.8. The Kier molecular flexibility index (Phi) is 4.78. The first-order valence-corrected chi connectivity index (χ1v) is 6.73. The maximum atomic E-state index is 9.90. The van der Waals surface area contributed by atoms with Gasteiger partial charge in [0.25, 0.3) is 0 Å². The number of rotatable bonds is 4. The fourth-order valence-corrected chi connectivity index (χ4v) is 2.54. The molecule has 2 N–H and O–H groups in total. The highest BCUT2D eigenvalue weighted by Gasteiger charge is 2.22. The van der Waals surface area contributed by atoms with E-state index in [-0.39, 0.29) is 12.1 Å². The summed E-state index contributed by atoms with van der Waals surface area (Å²) < 4.78 is 5.19. The minimum atomic E-state index is -0.242. The van der Waals surface area contributed by atoms with Crippen molar-refractivity contribution in [1.29, 1.82) is 5.26 Å². The molecule has 1 aromatic rings. The molecule has 0 spiro atoms. The van der Waals surface area contributed by atoms with Gasteiger partial charge in [-0.25, -0.2) is 0 Å². The van der Waals surface area contributed by atoms with Gasteiger partial charge < -0.3 is 15.2 Å². The predicted molar refractivity (Wildman–Crippen MR) is 72.8 cm³/mol. The van der Waals surface area contributed by atoms with Gasteiger partial charge in [-0.05, 0) is 30.5 Å². The van der Waals surface area contributed by atoms with E-state index >= 15 is 0 Å². The zero-order chi connectivity index (χ0) is 13.7. The summed E-state index contributed by atoms with van der Waals surface area (Å²) in [6, 6.07) is 7.84. The summed E-state index contributed by atoms with van der Waals surface area (Å²) in [4.78, 5) is 0. The molecule has 0 heterocycles. The number of methoxy groups -OCH3 is 1. The highest BCUT2D eigenvalue weighted by molar-refractivity contribution is 5.45. The van der Waals surface area contributed by atoms with E-state index in [2.05, 4.69) is 11.4 Å². The monoisotopic (exact) mass is 260 g/mol. The van der Waals surface area contributed by atoms with Gasteiger partial charge in [-0.1, -0.05) is 18.9 Å².